The van der Waals surface area contributed by atoms with Crippen molar-refractivity contribution in [3.63, 3.8) is 0 Å². The Morgan fingerprint density at radius 1 is 0.960 bits per heavy atom. The van der Waals surface area contributed by atoms with Gasteiger partial charge in [-0.15, -0.1) is 0 Å². The van der Waals surface area contributed by atoms with Gasteiger partial charge < -0.3 is 9.84 Å². The second-order valence-electron chi connectivity index (χ2n) is 5.94. The van der Waals surface area contributed by atoms with Gasteiger partial charge in [0, 0.05) is 5.56 Å². The number of rotatable bonds is 9. The summed E-state index contributed by atoms with van der Waals surface area (Å²) in [5, 5.41) is 9.96. The number of hydrogen-bond acceptors (Lipinski definition) is 4. The van der Waals surface area contributed by atoms with Crippen LogP contribution in [0.4, 0.5) is 0 Å². The van der Waals surface area contributed by atoms with E-state index in [4.69, 9.17) is 4.74 Å². The highest BCUT2D eigenvalue weighted by atomic mass is 32.2. The predicted octanol–water partition coefficient (Wildman–Crippen LogP) is 4.94. The molecule has 5 nitrogen and oxygen atoms in total. The fourth-order valence-electron chi connectivity index (χ4n) is 2.74. The van der Waals surface area contributed by atoms with Crippen LogP contribution in [-0.2, 0) is 16.5 Å². The Labute approximate surface area is 149 Å². The molecule has 0 heterocycles. The Morgan fingerprint density at radius 3 is 2.28 bits per heavy atom. The SMILES string of the molecule is CCCCCCCc1c(Oc2ccccc2)ccc(O)c1S(=O)(=O)O. The van der Waals surface area contributed by atoms with Crippen LogP contribution in [0.5, 0.6) is 17.2 Å². The quantitative estimate of drug-likeness (QED) is 0.486. The van der Waals surface area contributed by atoms with E-state index < -0.39 is 20.8 Å². The number of phenols is 1. The van der Waals surface area contributed by atoms with Gasteiger partial charge in [-0.3, -0.25) is 4.55 Å². The van der Waals surface area contributed by atoms with Gasteiger partial charge in [0.15, 0.2) is 0 Å². The van der Waals surface area contributed by atoms with Crippen LogP contribution in [0, 0.1) is 0 Å². The molecule has 25 heavy (non-hydrogen) atoms. The van der Waals surface area contributed by atoms with E-state index in [-0.39, 0.29) is 0 Å². The van der Waals surface area contributed by atoms with Gasteiger partial charge in [0.1, 0.15) is 22.1 Å². The van der Waals surface area contributed by atoms with Crippen molar-refractivity contribution in [2.75, 3.05) is 0 Å². The van der Waals surface area contributed by atoms with Crippen LogP contribution in [0.3, 0.4) is 0 Å². The summed E-state index contributed by atoms with van der Waals surface area (Å²) < 4.78 is 38.8. The minimum absolute atomic E-state index is 0.308. The molecular formula is C19H24O5S. The first kappa shape index (κ1) is 19.3. The van der Waals surface area contributed by atoms with Crippen LogP contribution in [0.2, 0.25) is 0 Å². The minimum Gasteiger partial charge on any atom is -0.506 e. The lowest BCUT2D eigenvalue weighted by atomic mass is 10.0. The molecule has 0 amide bonds. The molecule has 2 aromatic rings. The maximum absolute atomic E-state index is 11.8. The number of aromatic hydroxyl groups is 1. The number of hydrogen-bond donors (Lipinski definition) is 2. The van der Waals surface area contributed by atoms with E-state index in [1.54, 1.807) is 12.1 Å². The van der Waals surface area contributed by atoms with Crippen LogP contribution >= 0.6 is 0 Å². The van der Waals surface area contributed by atoms with E-state index in [0.717, 1.165) is 32.1 Å². The molecule has 0 fully saturated rings. The predicted molar refractivity (Wildman–Crippen MR) is 96.9 cm³/mol. The molecule has 0 saturated heterocycles. The van der Waals surface area contributed by atoms with Gasteiger partial charge >= 0.3 is 0 Å². The zero-order valence-corrected chi connectivity index (χ0v) is 15.1. The summed E-state index contributed by atoms with van der Waals surface area (Å²) in [6, 6.07) is 11.7. The van der Waals surface area contributed by atoms with Crippen molar-refractivity contribution >= 4 is 10.1 Å². The average Bonchev–Trinajstić information content (AvgIpc) is 2.56. The minimum atomic E-state index is -4.56. The van der Waals surface area contributed by atoms with Crippen molar-refractivity contribution in [2.45, 2.75) is 50.3 Å². The normalized spacial score (nSPS) is 11.4. The van der Waals surface area contributed by atoms with Gasteiger partial charge in [-0.2, -0.15) is 8.42 Å². The first-order valence-corrected chi connectivity index (χ1v) is 9.92. The molecule has 0 atom stereocenters. The van der Waals surface area contributed by atoms with E-state index in [2.05, 4.69) is 6.92 Å². The summed E-state index contributed by atoms with van der Waals surface area (Å²) in [4.78, 5) is -0.462. The van der Waals surface area contributed by atoms with Crippen LogP contribution in [0.15, 0.2) is 47.4 Å². The highest BCUT2D eigenvalue weighted by molar-refractivity contribution is 7.86. The Hall–Kier alpha value is -2.05. The first-order valence-electron chi connectivity index (χ1n) is 8.48. The highest BCUT2D eigenvalue weighted by Crippen LogP contribution is 2.36. The van der Waals surface area contributed by atoms with Crippen molar-refractivity contribution in [1.82, 2.24) is 0 Å². The molecule has 0 saturated carbocycles. The molecule has 0 aromatic heterocycles. The molecule has 0 radical (unpaired) electrons. The lowest BCUT2D eigenvalue weighted by molar-refractivity contribution is 0.428. The van der Waals surface area contributed by atoms with Crippen molar-refractivity contribution in [3.8, 4) is 17.2 Å². The maximum Gasteiger partial charge on any atom is 0.298 e. The van der Waals surface area contributed by atoms with E-state index in [0.29, 0.717) is 23.5 Å². The molecule has 0 bridgehead atoms. The van der Waals surface area contributed by atoms with Crippen LogP contribution in [0.1, 0.15) is 44.6 Å². The zero-order valence-electron chi connectivity index (χ0n) is 14.3. The van der Waals surface area contributed by atoms with Crippen LogP contribution < -0.4 is 4.74 Å². The molecule has 0 aliphatic carbocycles. The summed E-state index contributed by atoms with van der Waals surface area (Å²) in [5.74, 6) is 0.417. The smallest absolute Gasteiger partial charge is 0.298 e. The lowest BCUT2D eigenvalue weighted by Gasteiger charge is -2.15. The van der Waals surface area contributed by atoms with Crippen LogP contribution in [0.25, 0.3) is 0 Å². The molecule has 2 N–H and O–H groups in total. The summed E-state index contributed by atoms with van der Waals surface area (Å²) in [7, 11) is -4.56. The second-order valence-corrected chi connectivity index (χ2v) is 7.30. The summed E-state index contributed by atoms with van der Waals surface area (Å²) in [6.07, 6.45) is 5.39. The Morgan fingerprint density at radius 2 is 1.64 bits per heavy atom. The van der Waals surface area contributed by atoms with Gasteiger partial charge in [-0.1, -0.05) is 50.8 Å². The molecule has 2 rings (SSSR count). The van der Waals surface area contributed by atoms with Gasteiger partial charge in [0.25, 0.3) is 10.1 Å². The van der Waals surface area contributed by atoms with Crippen molar-refractivity contribution in [1.29, 1.82) is 0 Å². The molecule has 0 aliphatic heterocycles. The van der Waals surface area contributed by atoms with E-state index in [1.807, 2.05) is 18.2 Å². The fourth-order valence-corrected chi connectivity index (χ4v) is 3.58. The fraction of sp³-hybridized carbons (Fsp3) is 0.368. The number of para-hydroxylation sites is 1. The topological polar surface area (TPSA) is 83.8 Å². The number of ether oxygens (including phenoxy) is 1. The van der Waals surface area contributed by atoms with E-state index >= 15 is 0 Å². The monoisotopic (exact) mass is 364 g/mol. The van der Waals surface area contributed by atoms with Crippen LogP contribution in [-0.4, -0.2) is 18.1 Å². The van der Waals surface area contributed by atoms with Crippen molar-refractivity contribution in [2.24, 2.45) is 0 Å². The van der Waals surface area contributed by atoms with Gasteiger partial charge in [0.2, 0.25) is 0 Å². The highest BCUT2D eigenvalue weighted by Gasteiger charge is 2.24. The molecule has 0 spiro atoms. The molecule has 0 unspecified atom stereocenters. The number of unbranched alkanes of at least 4 members (excludes halogenated alkanes) is 4. The van der Waals surface area contributed by atoms with Crippen molar-refractivity contribution in [3.05, 3.63) is 48.0 Å². The number of benzene rings is 2. The standard InChI is InChI=1S/C19H24O5S/c1-2-3-4-5-9-12-16-18(24-15-10-7-6-8-11-15)14-13-17(20)19(16)25(21,22)23/h6-8,10-11,13-14,20H,2-5,9,12H2,1H3,(H,21,22,23). The third kappa shape index (κ3) is 5.47. The largest absolute Gasteiger partial charge is 0.506 e. The molecule has 2 aromatic carbocycles. The van der Waals surface area contributed by atoms with Crippen molar-refractivity contribution < 1.29 is 22.8 Å². The Balaban J connectivity index is 2.34. The Kier molecular flexibility index (Phi) is 6.84. The molecule has 136 valence electrons. The van der Waals surface area contributed by atoms with E-state index in [1.165, 1.54) is 12.1 Å². The summed E-state index contributed by atoms with van der Waals surface area (Å²) in [6.45, 7) is 2.12. The third-order valence-corrected chi connectivity index (χ3v) is 4.93. The number of phenolic OH excluding ortho intramolecular Hbond substituents is 1. The third-order valence-electron chi connectivity index (χ3n) is 3.96. The van der Waals surface area contributed by atoms with Gasteiger partial charge in [0.05, 0.1) is 0 Å². The average molecular weight is 364 g/mol. The molecule has 6 heteroatoms. The molecular weight excluding hydrogens is 340 g/mol. The summed E-state index contributed by atoms with van der Waals surface area (Å²) in [5.41, 5.74) is 0.308. The molecule has 0 aliphatic rings. The Bertz CT molecular complexity index is 785. The van der Waals surface area contributed by atoms with Gasteiger partial charge in [-0.05, 0) is 37.1 Å². The lowest BCUT2D eigenvalue weighted by Crippen LogP contribution is -2.06. The second kappa shape index (κ2) is 8.87. The summed E-state index contributed by atoms with van der Waals surface area (Å²) >= 11 is 0. The van der Waals surface area contributed by atoms with Gasteiger partial charge in [-0.25, -0.2) is 0 Å². The first-order chi connectivity index (χ1) is 11.9. The van der Waals surface area contributed by atoms with E-state index in [9.17, 15) is 18.1 Å². The zero-order chi connectivity index (χ0) is 18.3. The maximum atomic E-state index is 11.8.